The minimum Gasteiger partial charge on any atom is -0.310 e. The molecule has 5 heteroatoms. The molecule has 10 aromatic rings. The SMILES string of the molecule is C1=c2c(n(-c3ccccc3)c3ccc4ccccc4c23)=CCC1c1cccc2c1c1ccccc1n2-c1nc(-c2ccccc2)nc(-c2ccccc2)n1. The monoisotopic (exact) mass is 691 g/mol. The van der Waals surface area contributed by atoms with Crippen molar-refractivity contribution in [3.8, 4) is 34.4 Å². The van der Waals surface area contributed by atoms with E-state index in [9.17, 15) is 0 Å². The summed E-state index contributed by atoms with van der Waals surface area (Å²) in [4.78, 5) is 15.3. The van der Waals surface area contributed by atoms with Gasteiger partial charge in [0.15, 0.2) is 11.6 Å². The Bertz CT molecular complexity index is 3120. The van der Waals surface area contributed by atoms with Crippen LogP contribution in [0.4, 0.5) is 0 Å². The van der Waals surface area contributed by atoms with Crippen LogP contribution in [0.15, 0.2) is 170 Å². The number of hydrogen-bond donors (Lipinski definition) is 0. The van der Waals surface area contributed by atoms with Crippen LogP contribution in [0.2, 0.25) is 0 Å². The Hall–Kier alpha value is -7.11. The number of rotatable bonds is 5. The lowest BCUT2D eigenvalue weighted by Gasteiger charge is -2.16. The molecule has 254 valence electrons. The second kappa shape index (κ2) is 12.2. The first-order chi connectivity index (χ1) is 26.8. The van der Waals surface area contributed by atoms with Gasteiger partial charge in [0.25, 0.3) is 0 Å². The van der Waals surface area contributed by atoms with Crippen LogP contribution >= 0.6 is 0 Å². The maximum atomic E-state index is 5.16. The Labute approximate surface area is 311 Å². The van der Waals surface area contributed by atoms with E-state index in [-0.39, 0.29) is 5.92 Å². The molecule has 0 spiro atoms. The number of fused-ring (bicyclic) bond motifs is 8. The summed E-state index contributed by atoms with van der Waals surface area (Å²) in [6, 6.07) is 59.8. The molecule has 3 aromatic heterocycles. The van der Waals surface area contributed by atoms with E-state index in [0.29, 0.717) is 17.6 Å². The van der Waals surface area contributed by atoms with E-state index in [1.165, 1.54) is 54.3 Å². The van der Waals surface area contributed by atoms with E-state index < -0.39 is 0 Å². The first kappa shape index (κ1) is 30.5. The Balaban J connectivity index is 1.17. The molecule has 1 atom stereocenters. The topological polar surface area (TPSA) is 48.5 Å². The summed E-state index contributed by atoms with van der Waals surface area (Å²) in [5, 5.41) is 8.79. The summed E-state index contributed by atoms with van der Waals surface area (Å²) < 4.78 is 4.66. The fraction of sp³-hybridized carbons (Fsp3) is 0.0408. The summed E-state index contributed by atoms with van der Waals surface area (Å²) in [5.74, 6) is 2.05. The lowest BCUT2D eigenvalue weighted by Crippen LogP contribution is -2.31. The second-order valence-electron chi connectivity index (χ2n) is 14.0. The highest BCUT2D eigenvalue weighted by atomic mass is 15.2. The molecule has 0 radical (unpaired) electrons. The van der Waals surface area contributed by atoms with Gasteiger partial charge in [0, 0.05) is 49.5 Å². The van der Waals surface area contributed by atoms with Crippen LogP contribution in [0.1, 0.15) is 17.9 Å². The van der Waals surface area contributed by atoms with Crippen molar-refractivity contribution in [3.05, 3.63) is 186 Å². The Morgan fingerprint density at radius 1 is 0.463 bits per heavy atom. The van der Waals surface area contributed by atoms with Gasteiger partial charge in [-0.25, -0.2) is 4.98 Å². The van der Waals surface area contributed by atoms with E-state index in [4.69, 9.17) is 15.0 Å². The van der Waals surface area contributed by atoms with Crippen molar-refractivity contribution in [1.82, 2.24) is 24.1 Å². The zero-order valence-corrected chi connectivity index (χ0v) is 29.3. The first-order valence-electron chi connectivity index (χ1n) is 18.5. The first-order valence-corrected chi connectivity index (χ1v) is 18.5. The van der Waals surface area contributed by atoms with Gasteiger partial charge in [-0.05, 0) is 53.1 Å². The molecule has 54 heavy (non-hydrogen) atoms. The number of nitrogens with zero attached hydrogens (tertiary/aromatic N) is 5. The minimum atomic E-state index is 0.160. The van der Waals surface area contributed by atoms with Gasteiger partial charge in [-0.3, -0.25) is 4.57 Å². The molecule has 5 nitrogen and oxygen atoms in total. The van der Waals surface area contributed by atoms with Crippen molar-refractivity contribution in [2.75, 3.05) is 0 Å². The molecule has 3 heterocycles. The maximum absolute atomic E-state index is 5.16. The molecule has 1 aliphatic rings. The number of aromatic nitrogens is 5. The standard InChI is InChI=1S/C49H33N5/c1-4-16-33(17-5-1)47-50-48(34-18-6-2-7-19-34)52-49(51-47)54-41-25-13-12-23-39(41)45-38(24-14-26-43(45)54)35-28-29-42-40(31-35)46-37-22-11-10-15-32(37)27-30-44(46)53(42)36-20-8-3-9-21-36/h1-27,29-31,35H,28H2. The highest BCUT2D eigenvalue weighted by Gasteiger charge is 2.24. The highest BCUT2D eigenvalue weighted by molar-refractivity contribution is 6.12. The van der Waals surface area contributed by atoms with Crippen LogP contribution in [0.3, 0.4) is 0 Å². The van der Waals surface area contributed by atoms with Gasteiger partial charge in [-0.1, -0.05) is 152 Å². The molecule has 0 fully saturated rings. The normalized spacial score (nSPS) is 14.0. The maximum Gasteiger partial charge on any atom is 0.238 e. The highest BCUT2D eigenvalue weighted by Crippen LogP contribution is 2.39. The predicted molar refractivity (Wildman–Crippen MR) is 221 cm³/mol. The van der Waals surface area contributed by atoms with Gasteiger partial charge in [-0.2, -0.15) is 9.97 Å². The number of benzene rings is 7. The lowest BCUT2D eigenvalue weighted by atomic mass is 9.88. The van der Waals surface area contributed by atoms with E-state index in [2.05, 4.69) is 155 Å². The molecule has 0 saturated heterocycles. The molecule has 1 unspecified atom stereocenters. The van der Waals surface area contributed by atoms with Crippen LogP contribution < -0.4 is 10.6 Å². The molecule has 0 amide bonds. The summed E-state index contributed by atoms with van der Waals surface area (Å²) in [6.07, 6.45) is 5.85. The van der Waals surface area contributed by atoms with Crippen LogP contribution in [-0.4, -0.2) is 24.1 Å². The van der Waals surface area contributed by atoms with Crippen molar-refractivity contribution >= 4 is 55.6 Å². The smallest absolute Gasteiger partial charge is 0.238 e. The largest absolute Gasteiger partial charge is 0.310 e. The van der Waals surface area contributed by atoms with E-state index in [1.54, 1.807) is 0 Å². The zero-order valence-electron chi connectivity index (χ0n) is 29.3. The molecular weight excluding hydrogens is 659 g/mol. The fourth-order valence-electron chi connectivity index (χ4n) is 8.53. The van der Waals surface area contributed by atoms with Crippen molar-refractivity contribution in [3.63, 3.8) is 0 Å². The van der Waals surface area contributed by atoms with Gasteiger partial charge in [0.2, 0.25) is 5.95 Å². The minimum absolute atomic E-state index is 0.160. The molecule has 0 saturated carbocycles. The number of hydrogen-bond acceptors (Lipinski definition) is 3. The van der Waals surface area contributed by atoms with Gasteiger partial charge in [0.05, 0.1) is 16.6 Å². The zero-order chi connectivity index (χ0) is 35.6. The summed E-state index contributed by atoms with van der Waals surface area (Å²) >= 11 is 0. The molecule has 1 aliphatic carbocycles. The van der Waals surface area contributed by atoms with Crippen molar-refractivity contribution in [2.45, 2.75) is 12.3 Å². The Morgan fingerprint density at radius 3 is 1.81 bits per heavy atom. The molecule has 0 aliphatic heterocycles. The Morgan fingerprint density at radius 2 is 1.07 bits per heavy atom. The second-order valence-corrected chi connectivity index (χ2v) is 14.0. The average molecular weight is 692 g/mol. The van der Waals surface area contributed by atoms with Gasteiger partial charge in [-0.15, -0.1) is 0 Å². The molecular formula is C49H33N5. The lowest BCUT2D eigenvalue weighted by molar-refractivity contribution is 0.914. The molecule has 11 rings (SSSR count). The Kier molecular flexibility index (Phi) is 6.92. The molecule has 0 N–H and O–H groups in total. The predicted octanol–water partition coefficient (Wildman–Crippen LogP) is 10.1. The van der Waals surface area contributed by atoms with Gasteiger partial charge < -0.3 is 4.57 Å². The average Bonchev–Trinajstić information content (AvgIpc) is 3.77. The molecule has 0 bridgehead atoms. The van der Waals surface area contributed by atoms with Crippen LogP contribution in [0, 0.1) is 0 Å². The number of para-hydroxylation sites is 2. The third-order valence-corrected chi connectivity index (χ3v) is 10.9. The van der Waals surface area contributed by atoms with Crippen LogP contribution in [-0.2, 0) is 0 Å². The summed E-state index contributed by atoms with van der Waals surface area (Å²) in [5.41, 5.74) is 7.74. The van der Waals surface area contributed by atoms with E-state index in [0.717, 1.165) is 28.6 Å². The van der Waals surface area contributed by atoms with Crippen LogP contribution in [0.25, 0.3) is 90.0 Å². The summed E-state index contributed by atoms with van der Waals surface area (Å²) in [7, 11) is 0. The third kappa shape index (κ3) is 4.75. The molecule has 7 aromatic carbocycles. The van der Waals surface area contributed by atoms with Gasteiger partial charge >= 0.3 is 0 Å². The quantitative estimate of drug-likeness (QED) is 0.181. The summed E-state index contributed by atoms with van der Waals surface area (Å²) in [6.45, 7) is 0. The van der Waals surface area contributed by atoms with E-state index >= 15 is 0 Å². The van der Waals surface area contributed by atoms with E-state index in [1.807, 2.05) is 36.4 Å². The van der Waals surface area contributed by atoms with Crippen molar-refractivity contribution < 1.29 is 0 Å². The third-order valence-electron chi connectivity index (χ3n) is 10.9. The fourth-order valence-corrected chi connectivity index (χ4v) is 8.53. The van der Waals surface area contributed by atoms with Gasteiger partial charge in [0.1, 0.15) is 0 Å². The van der Waals surface area contributed by atoms with Crippen molar-refractivity contribution in [1.29, 1.82) is 0 Å². The van der Waals surface area contributed by atoms with Crippen LogP contribution in [0.5, 0.6) is 0 Å². The van der Waals surface area contributed by atoms with Crippen molar-refractivity contribution in [2.24, 2.45) is 0 Å².